The molecule has 3 aromatic rings. The van der Waals surface area contributed by atoms with Crippen molar-refractivity contribution in [1.82, 2.24) is 15.0 Å². The largest absolute Gasteiger partial charge is 0.384 e. The van der Waals surface area contributed by atoms with Gasteiger partial charge < -0.3 is 15.5 Å². The quantitative estimate of drug-likeness (QED) is 0.760. The lowest BCUT2D eigenvalue weighted by Gasteiger charge is -2.25. The molecule has 1 aliphatic rings. The van der Waals surface area contributed by atoms with E-state index in [9.17, 15) is 5.26 Å². The average molecular weight is 345 g/mol. The number of hydrogen-bond donors (Lipinski definition) is 1. The van der Waals surface area contributed by atoms with Crippen LogP contribution < -0.4 is 15.5 Å². The van der Waals surface area contributed by atoms with E-state index >= 15 is 0 Å². The van der Waals surface area contributed by atoms with Crippen LogP contribution in [0.25, 0.3) is 11.0 Å². The molecule has 0 amide bonds. The first-order chi connectivity index (χ1) is 12.8. The zero-order valence-corrected chi connectivity index (χ0v) is 14.3. The minimum absolute atomic E-state index is 0.456. The van der Waals surface area contributed by atoms with Gasteiger partial charge in [-0.1, -0.05) is 12.1 Å². The van der Waals surface area contributed by atoms with E-state index in [2.05, 4.69) is 30.8 Å². The molecule has 2 N–H and O–H groups in total. The maximum atomic E-state index is 9.37. The molecule has 4 rings (SSSR count). The zero-order valence-electron chi connectivity index (χ0n) is 14.3. The SMILES string of the molecule is N#Cc1ccccc1N1CCCN(c2ncnc3nc(N)ccc23)CC1. The Bertz CT molecular complexity index is 979. The van der Waals surface area contributed by atoms with E-state index in [0.717, 1.165) is 49.5 Å². The molecule has 1 aliphatic heterocycles. The lowest BCUT2D eigenvalue weighted by atomic mass is 10.1. The molecule has 1 fully saturated rings. The summed E-state index contributed by atoms with van der Waals surface area (Å²) in [6, 6.07) is 13.8. The number of nitrogens with zero attached hydrogens (tertiary/aromatic N) is 6. The van der Waals surface area contributed by atoms with Crippen LogP contribution in [-0.2, 0) is 0 Å². The number of rotatable bonds is 2. The maximum absolute atomic E-state index is 9.37. The van der Waals surface area contributed by atoms with Gasteiger partial charge in [0.25, 0.3) is 0 Å². The molecule has 1 saturated heterocycles. The van der Waals surface area contributed by atoms with E-state index in [0.29, 0.717) is 17.0 Å². The van der Waals surface area contributed by atoms with Crippen LogP contribution >= 0.6 is 0 Å². The Hall–Kier alpha value is -3.40. The molecule has 1 aromatic carbocycles. The average Bonchev–Trinajstić information content (AvgIpc) is 2.93. The molecule has 0 unspecified atom stereocenters. The zero-order chi connectivity index (χ0) is 17.9. The first-order valence-corrected chi connectivity index (χ1v) is 8.62. The van der Waals surface area contributed by atoms with Crippen LogP contribution in [0, 0.1) is 11.3 Å². The first-order valence-electron chi connectivity index (χ1n) is 8.62. The van der Waals surface area contributed by atoms with Crippen molar-refractivity contribution in [3.8, 4) is 6.07 Å². The van der Waals surface area contributed by atoms with Crippen LogP contribution in [0.3, 0.4) is 0 Å². The van der Waals surface area contributed by atoms with Crippen molar-refractivity contribution in [1.29, 1.82) is 5.26 Å². The highest BCUT2D eigenvalue weighted by atomic mass is 15.3. The molecule has 0 spiro atoms. The number of para-hydroxylation sites is 1. The fourth-order valence-corrected chi connectivity index (χ4v) is 3.41. The van der Waals surface area contributed by atoms with E-state index in [1.807, 2.05) is 30.3 Å². The van der Waals surface area contributed by atoms with Gasteiger partial charge in [-0.05, 0) is 30.7 Å². The van der Waals surface area contributed by atoms with Gasteiger partial charge in [-0.15, -0.1) is 0 Å². The Kier molecular flexibility index (Phi) is 4.23. The second-order valence-corrected chi connectivity index (χ2v) is 6.26. The topological polar surface area (TPSA) is 95.0 Å². The lowest BCUT2D eigenvalue weighted by molar-refractivity contribution is 0.799. The summed E-state index contributed by atoms with van der Waals surface area (Å²) in [7, 11) is 0. The lowest BCUT2D eigenvalue weighted by Crippen LogP contribution is -2.31. The van der Waals surface area contributed by atoms with Gasteiger partial charge >= 0.3 is 0 Å². The summed E-state index contributed by atoms with van der Waals surface area (Å²) in [5.74, 6) is 1.34. The Morgan fingerprint density at radius 2 is 1.77 bits per heavy atom. The second-order valence-electron chi connectivity index (χ2n) is 6.26. The van der Waals surface area contributed by atoms with Crippen molar-refractivity contribution < 1.29 is 0 Å². The molecule has 0 saturated carbocycles. The van der Waals surface area contributed by atoms with E-state index < -0.39 is 0 Å². The molecule has 0 aliphatic carbocycles. The van der Waals surface area contributed by atoms with Gasteiger partial charge in [0.15, 0.2) is 5.65 Å². The Morgan fingerprint density at radius 3 is 2.65 bits per heavy atom. The first kappa shape index (κ1) is 16.1. The summed E-state index contributed by atoms with van der Waals surface area (Å²) in [4.78, 5) is 17.6. The highest BCUT2D eigenvalue weighted by Crippen LogP contribution is 2.26. The van der Waals surface area contributed by atoms with Gasteiger partial charge in [0.1, 0.15) is 24.0 Å². The van der Waals surface area contributed by atoms with Crippen molar-refractivity contribution in [3.63, 3.8) is 0 Å². The molecule has 0 atom stereocenters. The molecule has 26 heavy (non-hydrogen) atoms. The molecular formula is C19H19N7. The number of fused-ring (bicyclic) bond motifs is 1. The number of benzene rings is 1. The van der Waals surface area contributed by atoms with Crippen molar-refractivity contribution in [2.75, 3.05) is 41.7 Å². The molecular weight excluding hydrogens is 326 g/mol. The van der Waals surface area contributed by atoms with Crippen molar-refractivity contribution in [2.45, 2.75) is 6.42 Å². The molecule has 2 aromatic heterocycles. The molecule has 3 heterocycles. The standard InChI is InChI=1S/C19H19N7/c20-12-14-4-1-2-5-16(14)25-8-3-9-26(11-10-25)19-15-6-7-17(21)24-18(15)22-13-23-19/h1-2,4-7,13H,3,8-11H2,(H2,21,22,23,24). The van der Waals surface area contributed by atoms with E-state index in [1.165, 1.54) is 6.33 Å². The molecule has 0 radical (unpaired) electrons. The van der Waals surface area contributed by atoms with Crippen LogP contribution in [0.5, 0.6) is 0 Å². The van der Waals surface area contributed by atoms with Crippen LogP contribution in [0.15, 0.2) is 42.7 Å². The normalized spacial score (nSPS) is 14.9. The summed E-state index contributed by atoms with van der Waals surface area (Å²) in [5, 5.41) is 10.3. The highest BCUT2D eigenvalue weighted by Gasteiger charge is 2.20. The van der Waals surface area contributed by atoms with Crippen molar-refractivity contribution in [2.24, 2.45) is 0 Å². The smallest absolute Gasteiger partial charge is 0.166 e. The Balaban J connectivity index is 1.61. The fraction of sp³-hybridized carbons (Fsp3) is 0.263. The third-order valence-electron chi connectivity index (χ3n) is 4.66. The number of hydrogen-bond acceptors (Lipinski definition) is 7. The minimum Gasteiger partial charge on any atom is -0.384 e. The minimum atomic E-state index is 0.456. The summed E-state index contributed by atoms with van der Waals surface area (Å²) >= 11 is 0. The van der Waals surface area contributed by atoms with Crippen LogP contribution in [-0.4, -0.2) is 41.1 Å². The number of anilines is 3. The van der Waals surface area contributed by atoms with Gasteiger partial charge in [-0.3, -0.25) is 0 Å². The predicted octanol–water partition coefficient (Wildman–Crippen LogP) is 2.20. The Morgan fingerprint density at radius 1 is 0.962 bits per heavy atom. The number of nitrogen functional groups attached to an aromatic ring is 1. The van der Waals surface area contributed by atoms with Gasteiger partial charge in [0.2, 0.25) is 0 Å². The fourth-order valence-electron chi connectivity index (χ4n) is 3.41. The predicted molar refractivity (Wildman–Crippen MR) is 102 cm³/mol. The number of pyridine rings is 1. The highest BCUT2D eigenvalue weighted by molar-refractivity contribution is 5.87. The van der Waals surface area contributed by atoms with Gasteiger partial charge in [0, 0.05) is 26.2 Å². The summed E-state index contributed by atoms with van der Waals surface area (Å²) < 4.78 is 0. The monoisotopic (exact) mass is 345 g/mol. The van der Waals surface area contributed by atoms with Gasteiger partial charge in [0.05, 0.1) is 16.6 Å². The van der Waals surface area contributed by atoms with Crippen molar-refractivity contribution >= 4 is 28.4 Å². The van der Waals surface area contributed by atoms with Crippen molar-refractivity contribution in [3.05, 3.63) is 48.3 Å². The summed E-state index contributed by atoms with van der Waals surface area (Å²) in [6.07, 6.45) is 2.52. The number of nitriles is 1. The maximum Gasteiger partial charge on any atom is 0.166 e. The van der Waals surface area contributed by atoms with E-state index in [-0.39, 0.29) is 0 Å². The number of nitrogens with two attached hydrogens (primary N) is 1. The molecule has 0 bridgehead atoms. The third kappa shape index (κ3) is 2.97. The molecule has 130 valence electrons. The van der Waals surface area contributed by atoms with Crippen LogP contribution in [0.1, 0.15) is 12.0 Å². The van der Waals surface area contributed by atoms with Crippen LogP contribution in [0.2, 0.25) is 0 Å². The van der Waals surface area contributed by atoms with Gasteiger partial charge in [-0.25, -0.2) is 15.0 Å². The Labute approximate surface area is 151 Å². The van der Waals surface area contributed by atoms with E-state index in [1.54, 1.807) is 6.07 Å². The summed E-state index contributed by atoms with van der Waals surface area (Å²) in [6.45, 7) is 3.44. The summed E-state index contributed by atoms with van der Waals surface area (Å²) in [5.41, 5.74) is 8.10. The van der Waals surface area contributed by atoms with Gasteiger partial charge in [-0.2, -0.15) is 5.26 Å². The molecule has 7 nitrogen and oxygen atoms in total. The molecule has 7 heteroatoms. The third-order valence-corrected chi connectivity index (χ3v) is 4.66. The number of aromatic nitrogens is 3. The van der Waals surface area contributed by atoms with Crippen LogP contribution in [0.4, 0.5) is 17.3 Å². The van der Waals surface area contributed by atoms with E-state index in [4.69, 9.17) is 5.73 Å². The second kappa shape index (κ2) is 6.84.